The van der Waals surface area contributed by atoms with E-state index in [0.717, 1.165) is 5.69 Å². The van der Waals surface area contributed by atoms with E-state index in [-0.39, 0.29) is 19.1 Å². The molecule has 1 aliphatic rings. The van der Waals surface area contributed by atoms with Crippen LogP contribution >= 0.6 is 22.9 Å². The average Bonchev–Trinajstić information content (AvgIpc) is 3.24. The number of anilines is 2. The molecule has 3 rings (SSSR count). The zero-order valence-electron chi connectivity index (χ0n) is 13.8. The molecule has 0 unspecified atom stereocenters. The fourth-order valence-corrected chi connectivity index (χ4v) is 3.49. The molecule has 0 aliphatic carbocycles. The predicted molar refractivity (Wildman–Crippen MR) is 101 cm³/mol. The summed E-state index contributed by atoms with van der Waals surface area (Å²) in [7, 11) is 0. The van der Waals surface area contributed by atoms with E-state index in [1.807, 2.05) is 12.1 Å². The van der Waals surface area contributed by atoms with Crippen LogP contribution in [0.4, 0.5) is 16.2 Å². The minimum Gasteiger partial charge on any atom is -0.442 e. The lowest BCUT2D eigenvalue weighted by Gasteiger charge is -2.14. The molecule has 0 spiro atoms. The number of benzene rings is 1. The van der Waals surface area contributed by atoms with Crippen molar-refractivity contribution >= 4 is 46.3 Å². The highest BCUT2D eigenvalue weighted by Gasteiger charge is 2.32. The molecule has 138 valence electrons. The summed E-state index contributed by atoms with van der Waals surface area (Å²) in [6.07, 6.45) is -0.867. The van der Waals surface area contributed by atoms with E-state index < -0.39 is 12.2 Å². The molecule has 1 aliphatic heterocycles. The van der Waals surface area contributed by atoms with Crippen LogP contribution in [0.2, 0.25) is 4.34 Å². The van der Waals surface area contributed by atoms with E-state index in [0.29, 0.717) is 28.0 Å². The number of rotatable bonds is 7. The summed E-state index contributed by atoms with van der Waals surface area (Å²) in [6, 6.07) is 10.6. The molecule has 2 aromatic rings. The fraction of sp³-hybridized carbons (Fsp3) is 0.294. The molecule has 0 bridgehead atoms. The molecule has 3 N–H and O–H groups in total. The maximum Gasteiger partial charge on any atom is 0.414 e. The van der Waals surface area contributed by atoms with Gasteiger partial charge in [0.25, 0.3) is 5.91 Å². The second-order valence-corrected chi connectivity index (χ2v) is 7.34. The van der Waals surface area contributed by atoms with Gasteiger partial charge >= 0.3 is 6.09 Å². The highest BCUT2D eigenvalue weighted by atomic mass is 35.5. The molecule has 1 atom stereocenters. The molecule has 2 amide bonds. The maximum atomic E-state index is 12.1. The molecule has 1 saturated heterocycles. The lowest BCUT2D eigenvalue weighted by Crippen LogP contribution is -2.34. The average molecular weight is 396 g/mol. The minimum atomic E-state index is -0.445. The summed E-state index contributed by atoms with van der Waals surface area (Å²) in [5.41, 5.74) is 1.57. The van der Waals surface area contributed by atoms with Crippen molar-refractivity contribution in [2.45, 2.75) is 6.10 Å². The van der Waals surface area contributed by atoms with Crippen LogP contribution in [-0.4, -0.2) is 49.5 Å². The summed E-state index contributed by atoms with van der Waals surface area (Å²) >= 11 is 7.02. The number of thiophene rings is 1. The van der Waals surface area contributed by atoms with Crippen molar-refractivity contribution in [3.8, 4) is 0 Å². The van der Waals surface area contributed by atoms with Gasteiger partial charge in [-0.1, -0.05) is 11.6 Å². The molecule has 1 aromatic carbocycles. The van der Waals surface area contributed by atoms with Crippen LogP contribution in [-0.2, 0) is 4.74 Å². The van der Waals surface area contributed by atoms with Crippen molar-refractivity contribution in [2.24, 2.45) is 0 Å². The molecule has 0 saturated carbocycles. The summed E-state index contributed by atoms with van der Waals surface area (Å²) in [5, 5.41) is 14.6. The first-order valence-electron chi connectivity index (χ1n) is 8.03. The van der Waals surface area contributed by atoms with Gasteiger partial charge < -0.3 is 20.5 Å². The largest absolute Gasteiger partial charge is 0.442 e. The molecular formula is C17H18ClN3O4S. The molecule has 7 nitrogen and oxygen atoms in total. The van der Waals surface area contributed by atoms with Crippen molar-refractivity contribution in [1.29, 1.82) is 0 Å². The number of aliphatic hydroxyl groups excluding tert-OH is 1. The normalized spacial score (nSPS) is 16.5. The number of halogens is 1. The number of amides is 2. The lowest BCUT2D eigenvalue weighted by molar-refractivity contribution is 0.0920. The van der Waals surface area contributed by atoms with Crippen molar-refractivity contribution < 1.29 is 19.4 Å². The molecule has 26 heavy (non-hydrogen) atoms. The van der Waals surface area contributed by atoms with Crippen LogP contribution in [0.1, 0.15) is 9.67 Å². The van der Waals surface area contributed by atoms with Crippen LogP contribution in [0.15, 0.2) is 36.4 Å². The van der Waals surface area contributed by atoms with Gasteiger partial charge in [-0.05, 0) is 36.4 Å². The minimum absolute atomic E-state index is 0.0469. The standard InChI is InChI=1S/C17H18ClN3O4S/c18-15-6-5-14(26-15)16(23)20-9-13-10-21(17(24)25-13)12-3-1-11(2-4-12)19-7-8-22/h1-6,13,19,22H,7-10H2,(H,20,23)/t13-/m0/s1. The molecule has 9 heteroatoms. The summed E-state index contributed by atoms with van der Waals surface area (Å²) in [4.78, 5) is 26.2. The Morgan fingerprint density at radius 2 is 2.08 bits per heavy atom. The van der Waals surface area contributed by atoms with E-state index in [2.05, 4.69) is 10.6 Å². The fourth-order valence-electron chi connectivity index (χ4n) is 2.53. The van der Waals surface area contributed by atoms with Gasteiger partial charge in [-0.15, -0.1) is 11.3 Å². The Hall–Kier alpha value is -2.29. The first kappa shape index (κ1) is 18.5. The van der Waals surface area contributed by atoms with Crippen molar-refractivity contribution in [2.75, 3.05) is 36.5 Å². The van der Waals surface area contributed by atoms with Crippen LogP contribution < -0.4 is 15.5 Å². The van der Waals surface area contributed by atoms with E-state index in [1.54, 1.807) is 24.3 Å². The molecule has 1 fully saturated rings. The SMILES string of the molecule is O=C(NC[C@H]1CN(c2ccc(NCCO)cc2)C(=O)O1)c1ccc(Cl)s1. The molecular weight excluding hydrogens is 378 g/mol. The van der Waals surface area contributed by atoms with Gasteiger partial charge in [-0.2, -0.15) is 0 Å². The topological polar surface area (TPSA) is 90.9 Å². The van der Waals surface area contributed by atoms with Crippen LogP contribution in [0.25, 0.3) is 0 Å². The molecule has 2 heterocycles. The summed E-state index contributed by atoms with van der Waals surface area (Å²) in [5.74, 6) is -0.240. The van der Waals surface area contributed by atoms with Crippen LogP contribution in [0.3, 0.4) is 0 Å². The van der Waals surface area contributed by atoms with Crippen LogP contribution in [0.5, 0.6) is 0 Å². The number of carbonyl (C=O) groups excluding carboxylic acids is 2. The predicted octanol–water partition coefficient (Wildman–Crippen LogP) is 2.56. The van der Waals surface area contributed by atoms with Gasteiger partial charge in [-0.25, -0.2) is 4.79 Å². The smallest absolute Gasteiger partial charge is 0.414 e. The monoisotopic (exact) mass is 395 g/mol. The van der Waals surface area contributed by atoms with Crippen LogP contribution in [0, 0.1) is 0 Å². The van der Waals surface area contributed by atoms with Gasteiger partial charge in [0.2, 0.25) is 0 Å². The highest BCUT2D eigenvalue weighted by molar-refractivity contribution is 7.17. The summed E-state index contributed by atoms with van der Waals surface area (Å²) < 4.78 is 5.86. The van der Waals surface area contributed by atoms with Gasteiger partial charge in [-0.3, -0.25) is 9.69 Å². The first-order valence-corrected chi connectivity index (χ1v) is 9.23. The summed E-state index contributed by atoms with van der Waals surface area (Å²) in [6.45, 7) is 1.09. The lowest BCUT2D eigenvalue weighted by atomic mass is 10.2. The van der Waals surface area contributed by atoms with Gasteiger partial charge in [0.15, 0.2) is 0 Å². The Labute approximate surface area is 159 Å². The zero-order valence-corrected chi connectivity index (χ0v) is 15.3. The Bertz CT molecular complexity index is 781. The number of nitrogens with one attached hydrogen (secondary N) is 2. The third-order valence-electron chi connectivity index (χ3n) is 3.78. The Morgan fingerprint density at radius 3 is 2.73 bits per heavy atom. The number of hydrogen-bond donors (Lipinski definition) is 3. The Kier molecular flexibility index (Phi) is 5.97. The second-order valence-electron chi connectivity index (χ2n) is 5.63. The van der Waals surface area contributed by atoms with E-state index >= 15 is 0 Å². The zero-order chi connectivity index (χ0) is 18.5. The second kappa shape index (κ2) is 8.39. The first-order chi connectivity index (χ1) is 12.6. The number of aliphatic hydroxyl groups is 1. The molecule has 0 radical (unpaired) electrons. The molecule has 1 aromatic heterocycles. The number of hydrogen-bond acceptors (Lipinski definition) is 6. The Balaban J connectivity index is 1.54. The van der Waals surface area contributed by atoms with E-state index in [4.69, 9.17) is 21.4 Å². The van der Waals surface area contributed by atoms with Crippen molar-refractivity contribution in [3.05, 3.63) is 45.6 Å². The van der Waals surface area contributed by atoms with Gasteiger partial charge in [0.05, 0.1) is 28.9 Å². The third-order valence-corrected chi connectivity index (χ3v) is 5.01. The van der Waals surface area contributed by atoms with Gasteiger partial charge in [0, 0.05) is 17.9 Å². The quantitative estimate of drug-likeness (QED) is 0.670. The van der Waals surface area contributed by atoms with Crippen molar-refractivity contribution in [3.63, 3.8) is 0 Å². The highest BCUT2D eigenvalue weighted by Crippen LogP contribution is 2.24. The third kappa shape index (κ3) is 4.46. The number of ether oxygens (including phenoxy) is 1. The van der Waals surface area contributed by atoms with Crippen molar-refractivity contribution in [1.82, 2.24) is 5.32 Å². The van der Waals surface area contributed by atoms with E-state index in [1.165, 1.54) is 16.2 Å². The van der Waals surface area contributed by atoms with Gasteiger partial charge in [0.1, 0.15) is 6.10 Å². The Morgan fingerprint density at radius 1 is 1.31 bits per heavy atom. The number of cyclic esters (lactones) is 1. The maximum absolute atomic E-state index is 12.1. The number of nitrogens with zero attached hydrogens (tertiary/aromatic N) is 1. The van der Waals surface area contributed by atoms with E-state index in [9.17, 15) is 9.59 Å². The number of carbonyl (C=O) groups is 2.